The lowest BCUT2D eigenvalue weighted by atomic mass is 10.0. The van der Waals surface area contributed by atoms with Gasteiger partial charge in [-0.3, -0.25) is 10.1 Å². The quantitative estimate of drug-likeness (QED) is 0.861. The van der Waals surface area contributed by atoms with Gasteiger partial charge < -0.3 is 0 Å². The van der Waals surface area contributed by atoms with E-state index in [1.807, 2.05) is 0 Å². The van der Waals surface area contributed by atoms with E-state index in [0.717, 1.165) is 0 Å². The van der Waals surface area contributed by atoms with E-state index in [1.165, 1.54) is 0 Å². The number of anilines is 1. The highest BCUT2D eigenvalue weighted by Crippen LogP contribution is 2.66. The molecule has 1 atom stereocenters. The minimum Gasteiger partial charge on any atom is -0.300 e. The smallest absolute Gasteiger partial charge is 0.300 e. The fourth-order valence-electron chi connectivity index (χ4n) is 1.73. The van der Waals surface area contributed by atoms with Crippen LogP contribution in [0.2, 0.25) is 0 Å². The van der Waals surface area contributed by atoms with E-state index in [9.17, 15) is 18.0 Å². The van der Waals surface area contributed by atoms with Crippen molar-refractivity contribution in [2.75, 3.05) is 5.32 Å². The van der Waals surface area contributed by atoms with Crippen LogP contribution in [0.1, 0.15) is 24.8 Å². The van der Waals surface area contributed by atoms with Crippen molar-refractivity contribution in [3.63, 3.8) is 0 Å². The Kier molecular flexibility index (Phi) is 3.47. The molecule has 1 unspecified atom stereocenters. The van der Waals surface area contributed by atoms with E-state index < -0.39 is 26.8 Å². The van der Waals surface area contributed by atoms with Gasteiger partial charge in [-0.25, -0.2) is 0 Å². The Morgan fingerprint density at radius 2 is 2.05 bits per heavy atom. The summed E-state index contributed by atoms with van der Waals surface area (Å²) < 4.78 is 35.8. The maximum Gasteiger partial charge on any atom is 0.445 e. The van der Waals surface area contributed by atoms with Gasteiger partial charge in [0.15, 0.2) is 0 Å². The van der Waals surface area contributed by atoms with Crippen molar-refractivity contribution in [1.82, 2.24) is 10.2 Å². The van der Waals surface area contributed by atoms with Crippen LogP contribution >= 0.6 is 34.5 Å². The van der Waals surface area contributed by atoms with Gasteiger partial charge in [0.05, 0.1) is 5.41 Å². The summed E-state index contributed by atoms with van der Waals surface area (Å²) in [6, 6.07) is 0. The number of carbonyl (C=O) groups is 1. The molecule has 0 aliphatic heterocycles. The molecule has 0 saturated heterocycles. The molecular weight excluding hydrogens is 326 g/mol. The lowest BCUT2D eigenvalue weighted by Gasteiger charge is -2.13. The standard InChI is InChI=1S/C9H8Cl2F3N3OS/c1-2-7(3-8(7,10)11)4(18)15-6-17-16-5(19-6)9(12,13)14/h2-3H2,1H3,(H,15,17,18). The molecule has 0 radical (unpaired) electrons. The molecule has 10 heteroatoms. The summed E-state index contributed by atoms with van der Waals surface area (Å²) in [5.74, 6) is -0.537. The van der Waals surface area contributed by atoms with Crippen LogP contribution in [0.25, 0.3) is 0 Å². The second kappa shape index (κ2) is 4.46. The van der Waals surface area contributed by atoms with Gasteiger partial charge in [-0.05, 0) is 12.8 Å². The molecule has 1 saturated carbocycles. The molecule has 1 heterocycles. The Morgan fingerprint density at radius 3 is 2.42 bits per heavy atom. The van der Waals surface area contributed by atoms with Crippen LogP contribution in [0.3, 0.4) is 0 Å². The molecule has 0 bridgehead atoms. The Morgan fingerprint density at radius 1 is 1.47 bits per heavy atom. The van der Waals surface area contributed by atoms with Gasteiger partial charge in [-0.2, -0.15) is 13.2 Å². The third-order valence-electron chi connectivity index (χ3n) is 3.03. The normalized spacial score (nSPS) is 25.2. The lowest BCUT2D eigenvalue weighted by Crippen LogP contribution is -2.28. The summed E-state index contributed by atoms with van der Waals surface area (Å²) in [6.45, 7) is 1.73. The molecule has 0 aromatic carbocycles. The van der Waals surface area contributed by atoms with Gasteiger partial charge in [-0.15, -0.1) is 33.4 Å². The van der Waals surface area contributed by atoms with Crippen LogP contribution in [0.15, 0.2) is 0 Å². The summed E-state index contributed by atoms with van der Waals surface area (Å²) in [5.41, 5.74) is -0.972. The van der Waals surface area contributed by atoms with Crippen molar-refractivity contribution in [2.24, 2.45) is 5.41 Å². The number of amides is 1. The molecular formula is C9H8Cl2F3N3OS. The van der Waals surface area contributed by atoms with E-state index in [-0.39, 0.29) is 22.9 Å². The first-order valence-corrected chi connectivity index (χ1v) is 6.79. The van der Waals surface area contributed by atoms with Crippen LogP contribution < -0.4 is 5.32 Å². The second-order valence-corrected chi connectivity index (χ2v) is 6.64. The first kappa shape index (κ1) is 14.8. The maximum atomic E-state index is 12.3. The molecule has 1 fully saturated rings. The molecule has 1 aliphatic carbocycles. The van der Waals surface area contributed by atoms with E-state index in [1.54, 1.807) is 6.92 Å². The zero-order chi connectivity index (χ0) is 14.5. The summed E-state index contributed by atoms with van der Waals surface area (Å²) in [6.07, 6.45) is -3.93. The van der Waals surface area contributed by atoms with E-state index in [4.69, 9.17) is 23.2 Å². The number of carbonyl (C=O) groups excluding carboxylic acids is 1. The first-order chi connectivity index (χ1) is 8.62. The minimum atomic E-state index is -4.58. The van der Waals surface area contributed by atoms with Crippen molar-refractivity contribution < 1.29 is 18.0 Å². The van der Waals surface area contributed by atoms with Crippen molar-refractivity contribution in [3.8, 4) is 0 Å². The van der Waals surface area contributed by atoms with Crippen LogP contribution in [0.5, 0.6) is 0 Å². The van der Waals surface area contributed by atoms with Crippen LogP contribution in [0.4, 0.5) is 18.3 Å². The van der Waals surface area contributed by atoms with Crippen molar-refractivity contribution in [1.29, 1.82) is 0 Å². The third kappa shape index (κ3) is 2.53. The van der Waals surface area contributed by atoms with Gasteiger partial charge >= 0.3 is 6.18 Å². The Balaban J connectivity index is 2.11. The molecule has 1 N–H and O–H groups in total. The molecule has 2 rings (SSSR count). The number of hydrogen-bond donors (Lipinski definition) is 1. The van der Waals surface area contributed by atoms with Crippen LogP contribution in [-0.4, -0.2) is 20.4 Å². The Labute approximate surface area is 120 Å². The molecule has 1 aromatic heterocycles. The lowest BCUT2D eigenvalue weighted by molar-refractivity contribution is -0.138. The summed E-state index contributed by atoms with van der Waals surface area (Å²) in [7, 11) is 0. The predicted octanol–water partition coefficient (Wildman–Crippen LogP) is 3.47. The fourth-order valence-corrected chi connectivity index (χ4v) is 3.23. The molecule has 0 spiro atoms. The first-order valence-electron chi connectivity index (χ1n) is 5.22. The maximum absolute atomic E-state index is 12.3. The molecule has 1 aliphatic rings. The van der Waals surface area contributed by atoms with Gasteiger partial charge in [-0.1, -0.05) is 18.3 Å². The number of alkyl halides is 5. The highest BCUT2D eigenvalue weighted by molar-refractivity contribution is 7.15. The number of nitrogens with zero attached hydrogens (tertiary/aromatic N) is 2. The van der Waals surface area contributed by atoms with E-state index in [2.05, 4.69) is 15.5 Å². The zero-order valence-electron chi connectivity index (χ0n) is 9.51. The van der Waals surface area contributed by atoms with Crippen molar-refractivity contribution >= 4 is 45.6 Å². The summed E-state index contributed by atoms with van der Waals surface area (Å²) >= 11 is 12.0. The predicted molar refractivity (Wildman–Crippen MR) is 65.3 cm³/mol. The Bertz CT molecular complexity index is 519. The average molecular weight is 334 g/mol. The summed E-state index contributed by atoms with van der Waals surface area (Å²) in [4.78, 5) is 12.0. The highest BCUT2D eigenvalue weighted by Gasteiger charge is 2.70. The number of aromatic nitrogens is 2. The minimum absolute atomic E-state index is 0.221. The number of hydrogen-bond acceptors (Lipinski definition) is 4. The van der Waals surface area contributed by atoms with E-state index in [0.29, 0.717) is 6.42 Å². The van der Waals surface area contributed by atoms with Crippen LogP contribution in [0, 0.1) is 5.41 Å². The molecule has 4 nitrogen and oxygen atoms in total. The zero-order valence-corrected chi connectivity index (χ0v) is 11.8. The molecule has 1 amide bonds. The largest absolute Gasteiger partial charge is 0.445 e. The van der Waals surface area contributed by atoms with Crippen molar-refractivity contribution in [2.45, 2.75) is 30.3 Å². The molecule has 106 valence electrons. The van der Waals surface area contributed by atoms with Crippen molar-refractivity contribution in [3.05, 3.63) is 5.01 Å². The highest BCUT2D eigenvalue weighted by atomic mass is 35.5. The average Bonchev–Trinajstić information content (AvgIpc) is 2.66. The summed E-state index contributed by atoms with van der Waals surface area (Å²) in [5, 5.41) is 7.19. The SMILES string of the molecule is CCC1(C(=O)Nc2nnc(C(F)(F)F)s2)CC1(Cl)Cl. The number of nitrogens with one attached hydrogen (secondary N) is 1. The third-order valence-corrected chi connectivity index (χ3v) is 4.90. The number of rotatable bonds is 3. The van der Waals surface area contributed by atoms with E-state index >= 15 is 0 Å². The van der Waals surface area contributed by atoms with Gasteiger partial charge in [0.25, 0.3) is 0 Å². The molecule has 1 aromatic rings. The van der Waals surface area contributed by atoms with Crippen LogP contribution in [-0.2, 0) is 11.0 Å². The fraction of sp³-hybridized carbons (Fsp3) is 0.667. The second-order valence-electron chi connectivity index (χ2n) is 4.18. The van der Waals surface area contributed by atoms with Gasteiger partial charge in [0.2, 0.25) is 16.0 Å². The molecule has 19 heavy (non-hydrogen) atoms. The number of halogens is 5. The monoisotopic (exact) mass is 333 g/mol. The van der Waals surface area contributed by atoms with Gasteiger partial charge in [0.1, 0.15) is 4.33 Å². The Hall–Kier alpha value is -0.600. The topological polar surface area (TPSA) is 54.9 Å². The van der Waals surface area contributed by atoms with Gasteiger partial charge in [0, 0.05) is 0 Å².